The van der Waals surface area contributed by atoms with E-state index < -0.39 is 0 Å². The van der Waals surface area contributed by atoms with Gasteiger partial charge in [0.1, 0.15) is 0 Å². The van der Waals surface area contributed by atoms with Crippen molar-refractivity contribution in [3.05, 3.63) is 187 Å². The van der Waals surface area contributed by atoms with Crippen LogP contribution in [0, 0.1) is 0 Å². The molecule has 0 unspecified atom stereocenters. The molecule has 0 atom stereocenters. The lowest BCUT2D eigenvalue weighted by atomic mass is 9.92. The lowest BCUT2D eigenvalue weighted by Gasteiger charge is -2.31. The lowest BCUT2D eigenvalue weighted by molar-refractivity contribution is 0.980. The number of benzene rings is 7. The quantitative estimate of drug-likeness (QED) is 0.181. The van der Waals surface area contributed by atoms with Crippen LogP contribution in [0.4, 0.5) is 17.1 Å². The van der Waals surface area contributed by atoms with Gasteiger partial charge < -0.3 is 9.47 Å². The van der Waals surface area contributed by atoms with Gasteiger partial charge in [-0.05, 0) is 94.8 Å². The number of aromatic nitrogens is 1. The van der Waals surface area contributed by atoms with Crippen LogP contribution in [0.3, 0.4) is 0 Å². The van der Waals surface area contributed by atoms with Gasteiger partial charge in [0.05, 0.1) is 16.7 Å². The Kier molecular flexibility index (Phi) is 6.98. The third-order valence-electron chi connectivity index (χ3n) is 9.63. The van der Waals surface area contributed by atoms with E-state index in [0.29, 0.717) is 0 Å². The minimum Gasteiger partial charge on any atom is -0.308 e. The van der Waals surface area contributed by atoms with Crippen molar-refractivity contribution in [3.8, 4) is 27.9 Å². The van der Waals surface area contributed by atoms with Gasteiger partial charge in [-0.25, -0.2) is 0 Å². The van der Waals surface area contributed by atoms with Crippen LogP contribution in [0.5, 0.6) is 0 Å². The average molecular weight is 615 g/mol. The zero-order valence-corrected chi connectivity index (χ0v) is 26.6. The minimum atomic E-state index is 0.980. The van der Waals surface area contributed by atoms with Gasteiger partial charge in [-0.15, -0.1) is 0 Å². The summed E-state index contributed by atoms with van der Waals surface area (Å²) >= 11 is 0. The Hall–Kier alpha value is -6.12. The molecule has 1 aliphatic carbocycles. The molecule has 2 nitrogen and oxygen atoms in total. The highest BCUT2D eigenvalue weighted by atomic mass is 15.2. The molecule has 2 heteroatoms. The van der Waals surface area contributed by atoms with Gasteiger partial charge in [-0.2, -0.15) is 0 Å². The van der Waals surface area contributed by atoms with Crippen LogP contribution < -0.4 is 4.90 Å². The number of hydrogen-bond acceptors (Lipinski definition) is 1. The maximum Gasteiger partial charge on any atom is 0.0785 e. The number of allylic oxidation sites excluding steroid dienone is 1. The number of hydrogen-bond donors (Lipinski definition) is 0. The summed E-state index contributed by atoms with van der Waals surface area (Å²) in [5, 5.41) is 2.53. The summed E-state index contributed by atoms with van der Waals surface area (Å²) in [6, 6.07) is 61.5. The van der Waals surface area contributed by atoms with Gasteiger partial charge in [0, 0.05) is 27.8 Å². The molecule has 0 spiro atoms. The van der Waals surface area contributed by atoms with E-state index in [1.165, 1.54) is 60.9 Å². The van der Waals surface area contributed by atoms with E-state index in [-0.39, 0.29) is 0 Å². The van der Waals surface area contributed by atoms with Crippen LogP contribution in [0.25, 0.3) is 55.8 Å². The molecule has 7 aromatic carbocycles. The molecule has 0 amide bonds. The predicted octanol–water partition coefficient (Wildman–Crippen LogP) is 12.5. The molecule has 0 N–H and O–H groups in total. The van der Waals surface area contributed by atoms with Gasteiger partial charge in [-0.1, -0.05) is 133 Å². The molecule has 0 saturated heterocycles. The molecular formula is C46H34N2. The van der Waals surface area contributed by atoms with Crippen LogP contribution in [0.2, 0.25) is 0 Å². The van der Waals surface area contributed by atoms with Crippen LogP contribution in [0.1, 0.15) is 17.5 Å². The van der Waals surface area contributed by atoms with E-state index in [4.69, 9.17) is 0 Å². The van der Waals surface area contributed by atoms with Crippen molar-refractivity contribution < 1.29 is 0 Å². The van der Waals surface area contributed by atoms with Crippen LogP contribution in [0.15, 0.2) is 176 Å². The van der Waals surface area contributed by atoms with Gasteiger partial charge in [0.25, 0.3) is 0 Å². The van der Waals surface area contributed by atoms with Crippen molar-refractivity contribution >= 4 is 44.9 Å². The summed E-state index contributed by atoms with van der Waals surface area (Å²) in [6.45, 7) is 0. The smallest absolute Gasteiger partial charge is 0.0785 e. The van der Waals surface area contributed by atoms with Crippen LogP contribution in [-0.4, -0.2) is 4.57 Å². The van der Waals surface area contributed by atoms with Crippen molar-refractivity contribution in [1.82, 2.24) is 4.57 Å². The number of nitrogens with zero attached hydrogens (tertiary/aromatic N) is 2. The Labute approximate surface area is 281 Å². The Morgan fingerprint density at radius 2 is 1.00 bits per heavy atom. The fourth-order valence-corrected chi connectivity index (χ4v) is 7.38. The first kappa shape index (κ1) is 28.1. The first-order valence-corrected chi connectivity index (χ1v) is 16.8. The highest BCUT2D eigenvalue weighted by Gasteiger charge is 2.27. The summed E-state index contributed by atoms with van der Waals surface area (Å²) < 4.78 is 2.47. The van der Waals surface area contributed by atoms with Crippen molar-refractivity contribution in [2.45, 2.75) is 12.8 Å². The van der Waals surface area contributed by atoms with Crippen molar-refractivity contribution in [3.63, 3.8) is 0 Å². The van der Waals surface area contributed by atoms with E-state index in [0.717, 1.165) is 29.9 Å². The number of rotatable bonds is 6. The highest BCUT2D eigenvalue weighted by Crippen LogP contribution is 2.48. The summed E-state index contributed by atoms with van der Waals surface area (Å²) in [4.78, 5) is 2.50. The molecule has 228 valence electrons. The molecule has 48 heavy (non-hydrogen) atoms. The molecule has 0 radical (unpaired) electrons. The molecule has 0 saturated carbocycles. The molecule has 0 fully saturated rings. The average Bonchev–Trinajstić information content (AvgIpc) is 3.50. The van der Waals surface area contributed by atoms with E-state index in [1.807, 2.05) is 0 Å². The summed E-state index contributed by atoms with van der Waals surface area (Å²) in [5.74, 6) is 0. The zero-order valence-electron chi connectivity index (χ0n) is 26.6. The van der Waals surface area contributed by atoms with Crippen LogP contribution in [-0.2, 0) is 6.42 Å². The zero-order chi connectivity index (χ0) is 31.9. The standard InChI is InChI=1S/C46H34N2/c1-4-14-33(15-5-1)35-24-28-39(29-25-35)47(40-30-26-36(27-31-40)34-16-6-2-7-17-34)45-41-21-11-10-18-37(41)32-43-42-22-12-13-23-44(42)48(46(43)45)38-19-8-3-9-20-38/h1-10,12-20,22-32H,11,21H2. The maximum absolute atomic E-state index is 2.50. The normalized spacial score (nSPS) is 12.3. The number of anilines is 3. The second kappa shape index (κ2) is 11.9. The molecule has 1 heterocycles. The SMILES string of the molecule is C1=Cc2cc3c4ccccc4n(-c4ccccc4)c3c(N(c3ccc(-c4ccccc4)cc3)c3ccc(-c4ccccc4)cc3)c2CC1. The molecule has 1 aliphatic rings. The molecule has 1 aromatic heterocycles. The Morgan fingerprint density at radius 1 is 0.479 bits per heavy atom. The molecular weight excluding hydrogens is 581 g/mol. The Balaban J connectivity index is 1.35. The second-order valence-electron chi connectivity index (χ2n) is 12.5. The maximum atomic E-state index is 2.50. The van der Waals surface area contributed by atoms with E-state index >= 15 is 0 Å². The van der Waals surface area contributed by atoms with Gasteiger partial charge >= 0.3 is 0 Å². The second-order valence-corrected chi connectivity index (χ2v) is 12.5. The van der Waals surface area contributed by atoms with E-state index in [1.54, 1.807) is 0 Å². The Bertz CT molecular complexity index is 2320. The summed E-state index contributed by atoms with van der Waals surface area (Å²) in [7, 11) is 0. The van der Waals surface area contributed by atoms with Crippen molar-refractivity contribution in [1.29, 1.82) is 0 Å². The predicted molar refractivity (Wildman–Crippen MR) is 204 cm³/mol. The third-order valence-corrected chi connectivity index (χ3v) is 9.63. The minimum absolute atomic E-state index is 0.980. The van der Waals surface area contributed by atoms with E-state index in [2.05, 4.69) is 191 Å². The fraction of sp³-hybridized carbons (Fsp3) is 0.0435. The molecule has 9 rings (SSSR count). The topological polar surface area (TPSA) is 8.17 Å². The summed E-state index contributed by atoms with van der Waals surface area (Å²) in [5.41, 5.74) is 14.7. The van der Waals surface area contributed by atoms with Crippen molar-refractivity contribution in [2.75, 3.05) is 4.90 Å². The van der Waals surface area contributed by atoms with Gasteiger partial charge in [-0.3, -0.25) is 0 Å². The summed E-state index contributed by atoms with van der Waals surface area (Å²) in [6.07, 6.45) is 6.65. The first-order chi connectivity index (χ1) is 23.8. The van der Waals surface area contributed by atoms with Gasteiger partial charge in [0.15, 0.2) is 0 Å². The monoisotopic (exact) mass is 614 g/mol. The first-order valence-electron chi connectivity index (χ1n) is 16.8. The van der Waals surface area contributed by atoms with Crippen LogP contribution >= 0.6 is 0 Å². The molecule has 0 bridgehead atoms. The Morgan fingerprint density at radius 3 is 1.60 bits per heavy atom. The lowest BCUT2D eigenvalue weighted by Crippen LogP contribution is -2.15. The van der Waals surface area contributed by atoms with Gasteiger partial charge in [0.2, 0.25) is 0 Å². The van der Waals surface area contributed by atoms with E-state index in [9.17, 15) is 0 Å². The number of fused-ring (bicyclic) bond motifs is 4. The van der Waals surface area contributed by atoms with Crippen molar-refractivity contribution in [2.24, 2.45) is 0 Å². The molecule has 8 aromatic rings. The molecule has 0 aliphatic heterocycles. The highest BCUT2D eigenvalue weighted by molar-refractivity contribution is 6.16. The fourth-order valence-electron chi connectivity index (χ4n) is 7.38. The number of para-hydroxylation sites is 2. The third kappa shape index (κ3) is 4.82. The largest absolute Gasteiger partial charge is 0.308 e.